The van der Waals surface area contributed by atoms with Gasteiger partial charge in [-0.2, -0.15) is 5.26 Å². The summed E-state index contributed by atoms with van der Waals surface area (Å²) < 4.78 is 5.95. The molecule has 0 saturated heterocycles. The monoisotopic (exact) mass is 273 g/mol. The number of nitriles is 1. The molecule has 104 valence electrons. The molecule has 0 aliphatic rings. The van der Waals surface area contributed by atoms with Crippen molar-refractivity contribution in [2.45, 2.75) is 20.8 Å². The van der Waals surface area contributed by atoms with E-state index in [2.05, 4.69) is 26.3 Å². The standard InChI is InChI=1S/C9H7N5.C4H8O2/c1-7-4-9(3-2-8(7)5-10)14-6-11-12-13-14;1-3-6-4(2)5/h2-4,6H,1H3;3H2,1-2H3. The molecule has 0 unspecified atom stereocenters. The van der Waals surface area contributed by atoms with Gasteiger partial charge in [0.15, 0.2) is 0 Å². The SMILES string of the molecule is CCOC(C)=O.Cc1cc(-n2cnnn2)ccc1C#N. The Morgan fingerprint density at radius 2 is 2.25 bits per heavy atom. The highest BCUT2D eigenvalue weighted by atomic mass is 16.5. The van der Waals surface area contributed by atoms with Crippen molar-refractivity contribution in [1.29, 1.82) is 5.26 Å². The molecule has 0 saturated carbocycles. The number of aromatic nitrogens is 4. The smallest absolute Gasteiger partial charge is 0.302 e. The fraction of sp³-hybridized carbons (Fsp3) is 0.308. The van der Waals surface area contributed by atoms with Crippen molar-refractivity contribution in [2.75, 3.05) is 6.61 Å². The van der Waals surface area contributed by atoms with Crippen molar-refractivity contribution >= 4 is 5.97 Å². The van der Waals surface area contributed by atoms with E-state index in [0.29, 0.717) is 12.2 Å². The lowest BCUT2D eigenvalue weighted by molar-refractivity contribution is -0.140. The molecule has 0 N–H and O–H groups in total. The van der Waals surface area contributed by atoms with Crippen molar-refractivity contribution in [3.05, 3.63) is 35.7 Å². The van der Waals surface area contributed by atoms with Gasteiger partial charge in [-0.3, -0.25) is 4.79 Å². The molecule has 0 atom stereocenters. The van der Waals surface area contributed by atoms with Crippen LogP contribution in [0.1, 0.15) is 25.0 Å². The summed E-state index contributed by atoms with van der Waals surface area (Å²) in [4.78, 5) is 9.82. The van der Waals surface area contributed by atoms with Gasteiger partial charge in [0.1, 0.15) is 6.33 Å². The topological polar surface area (TPSA) is 93.7 Å². The zero-order chi connectivity index (χ0) is 15.0. The van der Waals surface area contributed by atoms with Crippen LogP contribution in [0.2, 0.25) is 0 Å². The van der Waals surface area contributed by atoms with Gasteiger partial charge in [0, 0.05) is 6.92 Å². The second kappa shape index (κ2) is 7.63. The van der Waals surface area contributed by atoms with E-state index in [-0.39, 0.29) is 5.97 Å². The van der Waals surface area contributed by atoms with Crippen LogP contribution in [-0.4, -0.2) is 32.8 Å². The van der Waals surface area contributed by atoms with Crippen LogP contribution in [0.15, 0.2) is 24.5 Å². The predicted molar refractivity (Wildman–Crippen MR) is 70.9 cm³/mol. The van der Waals surface area contributed by atoms with Crippen molar-refractivity contribution in [2.24, 2.45) is 0 Å². The van der Waals surface area contributed by atoms with Crippen molar-refractivity contribution < 1.29 is 9.53 Å². The first-order valence-electron chi connectivity index (χ1n) is 5.96. The molecule has 0 aliphatic carbocycles. The Labute approximate surface area is 116 Å². The summed E-state index contributed by atoms with van der Waals surface area (Å²) in [6.07, 6.45) is 1.51. The molecule has 1 aromatic carbocycles. The molecule has 7 nitrogen and oxygen atoms in total. The number of tetrazole rings is 1. The second-order valence-corrected chi connectivity index (χ2v) is 3.79. The minimum Gasteiger partial charge on any atom is -0.466 e. The Balaban J connectivity index is 0.000000286. The number of nitrogens with zero attached hydrogens (tertiary/aromatic N) is 5. The highest BCUT2D eigenvalue weighted by Gasteiger charge is 2.01. The van der Waals surface area contributed by atoms with Gasteiger partial charge in [0.05, 0.1) is 23.9 Å². The summed E-state index contributed by atoms with van der Waals surface area (Å²) in [5.74, 6) is -0.211. The zero-order valence-electron chi connectivity index (χ0n) is 11.6. The third-order valence-electron chi connectivity index (χ3n) is 2.29. The second-order valence-electron chi connectivity index (χ2n) is 3.79. The van der Waals surface area contributed by atoms with Gasteiger partial charge in [0.25, 0.3) is 0 Å². The molecule has 0 bridgehead atoms. The number of hydrogen-bond acceptors (Lipinski definition) is 6. The number of hydrogen-bond donors (Lipinski definition) is 0. The predicted octanol–water partition coefficient (Wildman–Crippen LogP) is 1.41. The van der Waals surface area contributed by atoms with E-state index in [0.717, 1.165) is 11.3 Å². The summed E-state index contributed by atoms with van der Waals surface area (Å²) in [6.45, 7) is 5.53. The van der Waals surface area contributed by atoms with Crippen LogP contribution in [0, 0.1) is 18.3 Å². The van der Waals surface area contributed by atoms with Crippen LogP contribution in [-0.2, 0) is 9.53 Å². The molecule has 0 amide bonds. The number of carbonyl (C=O) groups excluding carboxylic acids is 1. The van der Waals surface area contributed by atoms with E-state index >= 15 is 0 Å². The Morgan fingerprint density at radius 3 is 2.65 bits per heavy atom. The van der Waals surface area contributed by atoms with Crippen molar-refractivity contribution in [3.63, 3.8) is 0 Å². The summed E-state index contributed by atoms with van der Waals surface area (Å²) >= 11 is 0. The molecule has 7 heteroatoms. The Bertz CT molecular complexity index is 602. The van der Waals surface area contributed by atoms with Crippen LogP contribution >= 0.6 is 0 Å². The highest BCUT2D eigenvalue weighted by molar-refractivity contribution is 5.65. The van der Waals surface area contributed by atoms with Crippen LogP contribution in [0.4, 0.5) is 0 Å². The molecule has 0 spiro atoms. The maximum atomic E-state index is 9.82. The molecule has 0 fully saturated rings. The average molecular weight is 273 g/mol. The largest absolute Gasteiger partial charge is 0.466 e. The summed E-state index contributed by atoms with van der Waals surface area (Å²) in [5, 5.41) is 19.6. The Morgan fingerprint density at radius 1 is 1.50 bits per heavy atom. The average Bonchev–Trinajstić information content (AvgIpc) is 2.93. The molecule has 0 radical (unpaired) electrons. The lowest BCUT2D eigenvalue weighted by Gasteiger charge is -2.01. The van der Waals surface area contributed by atoms with Crippen molar-refractivity contribution in [1.82, 2.24) is 20.2 Å². The lowest BCUT2D eigenvalue weighted by Crippen LogP contribution is -1.96. The summed E-state index contributed by atoms with van der Waals surface area (Å²) in [5.41, 5.74) is 2.44. The quantitative estimate of drug-likeness (QED) is 0.768. The number of ether oxygens (including phenoxy) is 1. The minimum absolute atomic E-state index is 0.211. The first-order valence-corrected chi connectivity index (χ1v) is 5.96. The molecule has 2 rings (SSSR count). The maximum Gasteiger partial charge on any atom is 0.302 e. The first-order chi connectivity index (χ1) is 9.58. The van der Waals surface area contributed by atoms with E-state index < -0.39 is 0 Å². The van der Waals surface area contributed by atoms with Crippen LogP contribution < -0.4 is 0 Å². The van der Waals surface area contributed by atoms with Gasteiger partial charge >= 0.3 is 5.97 Å². The van der Waals surface area contributed by atoms with Gasteiger partial charge in [-0.25, -0.2) is 4.68 Å². The molecule has 1 heterocycles. The third kappa shape index (κ3) is 4.49. The summed E-state index contributed by atoms with van der Waals surface area (Å²) in [7, 11) is 0. The van der Waals surface area contributed by atoms with Crippen molar-refractivity contribution in [3.8, 4) is 11.8 Å². The maximum absolute atomic E-state index is 9.82. The molecule has 1 aromatic heterocycles. The molecular formula is C13H15N5O2. The fourth-order valence-electron chi connectivity index (χ4n) is 1.40. The number of carbonyl (C=O) groups is 1. The number of aryl methyl sites for hydroxylation is 1. The molecule has 2 aromatic rings. The van der Waals surface area contributed by atoms with Gasteiger partial charge < -0.3 is 4.74 Å². The highest BCUT2D eigenvalue weighted by Crippen LogP contribution is 2.12. The number of rotatable bonds is 2. The number of esters is 1. The van der Waals surface area contributed by atoms with E-state index in [1.165, 1.54) is 13.3 Å². The minimum atomic E-state index is -0.211. The van der Waals surface area contributed by atoms with Gasteiger partial charge in [-0.05, 0) is 48.0 Å². The van der Waals surface area contributed by atoms with E-state index in [1.54, 1.807) is 17.7 Å². The van der Waals surface area contributed by atoms with E-state index in [9.17, 15) is 4.79 Å². The zero-order valence-corrected chi connectivity index (χ0v) is 11.6. The third-order valence-corrected chi connectivity index (χ3v) is 2.29. The van der Waals surface area contributed by atoms with E-state index in [4.69, 9.17) is 5.26 Å². The summed E-state index contributed by atoms with van der Waals surface area (Å²) in [6, 6.07) is 7.54. The normalized spacial score (nSPS) is 9.10. The first kappa shape index (κ1) is 15.3. The lowest BCUT2D eigenvalue weighted by atomic mass is 10.1. The Hall–Kier alpha value is -2.75. The number of benzene rings is 1. The van der Waals surface area contributed by atoms with Gasteiger partial charge in [0.2, 0.25) is 0 Å². The van der Waals surface area contributed by atoms with Gasteiger partial charge in [-0.15, -0.1) is 5.10 Å². The molecule has 0 aliphatic heterocycles. The van der Waals surface area contributed by atoms with E-state index in [1.807, 2.05) is 19.1 Å². The Kier molecular flexibility index (Phi) is 5.84. The van der Waals surface area contributed by atoms with Crippen LogP contribution in [0.3, 0.4) is 0 Å². The fourth-order valence-corrected chi connectivity index (χ4v) is 1.40. The molecular weight excluding hydrogens is 258 g/mol. The van der Waals surface area contributed by atoms with Crippen LogP contribution in [0.5, 0.6) is 0 Å². The molecule has 20 heavy (non-hydrogen) atoms. The van der Waals surface area contributed by atoms with Crippen LogP contribution in [0.25, 0.3) is 5.69 Å². The van der Waals surface area contributed by atoms with Gasteiger partial charge in [-0.1, -0.05) is 0 Å².